The van der Waals surface area contributed by atoms with Crippen molar-refractivity contribution in [1.82, 2.24) is 5.32 Å². The number of carbonyl (C=O) groups excluding carboxylic acids is 1. The summed E-state index contributed by atoms with van der Waals surface area (Å²) in [7, 11) is 1.51. The molecule has 0 saturated carbocycles. The number of benzene rings is 1. The Bertz CT molecular complexity index is 398. The first kappa shape index (κ1) is 10.9. The first-order valence-corrected chi connectivity index (χ1v) is 4.92. The summed E-state index contributed by atoms with van der Waals surface area (Å²) in [5.74, 6) is 0.0467. The van der Waals surface area contributed by atoms with Crippen molar-refractivity contribution in [3.63, 3.8) is 0 Å². The van der Waals surface area contributed by atoms with Crippen LogP contribution in [0, 0.1) is 5.82 Å². The molecule has 1 N–H and O–H groups in total. The maximum Gasteiger partial charge on any atom is 0.246 e. The summed E-state index contributed by atoms with van der Waals surface area (Å²) in [6.07, 6.45) is -0.358. The molecule has 4 nitrogen and oxygen atoms in total. The number of hydrogen-bond donors (Lipinski definition) is 1. The number of amides is 1. The van der Waals surface area contributed by atoms with Crippen molar-refractivity contribution in [3.05, 3.63) is 29.6 Å². The predicted molar refractivity (Wildman–Crippen MR) is 54.7 cm³/mol. The second-order valence-corrected chi connectivity index (χ2v) is 3.49. The van der Waals surface area contributed by atoms with Crippen LogP contribution in [0.5, 0.6) is 5.75 Å². The summed E-state index contributed by atoms with van der Waals surface area (Å²) in [5.41, 5.74) is 0.613. The summed E-state index contributed by atoms with van der Waals surface area (Å²) in [5, 5.41) is 2.66. The Morgan fingerprint density at radius 2 is 2.38 bits per heavy atom. The van der Waals surface area contributed by atoms with E-state index in [4.69, 9.17) is 9.47 Å². The number of methoxy groups -OCH3 is 1. The number of halogens is 1. The molecule has 16 heavy (non-hydrogen) atoms. The van der Waals surface area contributed by atoms with Crippen LogP contribution in [0.2, 0.25) is 0 Å². The zero-order valence-corrected chi connectivity index (χ0v) is 8.83. The van der Waals surface area contributed by atoms with Gasteiger partial charge in [0, 0.05) is 12.1 Å². The summed E-state index contributed by atoms with van der Waals surface area (Å²) in [6.45, 7) is 0.322. The molecule has 0 bridgehead atoms. The number of carbonyl (C=O) groups is 1. The highest BCUT2D eigenvalue weighted by atomic mass is 19.1. The smallest absolute Gasteiger partial charge is 0.246 e. The Labute approximate surface area is 92.4 Å². The van der Waals surface area contributed by atoms with Crippen LogP contribution >= 0.6 is 0 Å². The van der Waals surface area contributed by atoms with Gasteiger partial charge in [-0.1, -0.05) is 0 Å². The monoisotopic (exact) mass is 225 g/mol. The molecule has 5 heteroatoms. The van der Waals surface area contributed by atoms with Gasteiger partial charge in [-0.05, 0) is 18.2 Å². The van der Waals surface area contributed by atoms with Gasteiger partial charge in [-0.25, -0.2) is 4.39 Å². The molecule has 0 spiro atoms. The largest absolute Gasteiger partial charge is 0.496 e. The second-order valence-electron chi connectivity index (χ2n) is 3.49. The Balaban J connectivity index is 2.24. The van der Waals surface area contributed by atoms with E-state index >= 15 is 0 Å². The molecule has 1 saturated heterocycles. The van der Waals surface area contributed by atoms with Crippen molar-refractivity contribution >= 4 is 5.91 Å². The van der Waals surface area contributed by atoms with E-state index in [0.29, 0.717) is 17.9 Å². The lowest BCUT2D eigenvalue weighted by Crippen LogP contribution is -2.38. The van der Waals surface area contributed by atoms with Crippen LogP contribution < -0.4 is 10.1 Å². The van der Waals surface area contributed by atoms with Gasteiger partial charge in [0.05, 0.1) is 7.11 Å². The minimum atomic E-state index is -0.358. The molecule has 0 unspecified atom stereocenters. The lowest BCUT2D eigenvalue weighted by atomic mass is 10.1. The lowest BCUT2D eigenvalue weighted by molar-refractivity contribution is -0.133. The van der Waals surface area contributed by atoms with Crippen LogP contribution in [-0.4, -0.2) is 26.2 Å². The summed E-state index contributed by atoms with van der Waals surface area (Å²) < 4.78 is 23.6. The van der Waals surface area contributed by atoms with Gasteiger partial charge in [-0.2, -0.15) is 0 Å². The molecule has 0 aromatic heterocycles. The zero-order valence-electron chi connectivity index (χ0n) is 8.83. The van der Waals surface area contributed by atoms with Gasteiger partial charge < -0.3 is 14.8 Å². The average molecular weight is 225 g/mol. The van der Waals surface area contributed by atoms with Crippen molar-refractivity contribution in [2.24, 2.45) is 0 Å². The van der Waals surface area contributed by atoms with E-state index < -0.39 is 0 Å². The Morgan fingerprint density at radius 3 is 3.00 bits per heavy atom. The molecule has 1 aliphatic heterocycles. The van der Waals surface area contributed by atoms with Crippen LogP contribution in [0.15, 0.2) is 18.2 Å². The minimum absolute atomic E-state index is 0.00959. The molecule has 1 aromatic carbocycles. The van der Waals surface area contributed by atoms with Crippen molar-refractivity contribution in [3.8, 4) is 5.75 Å². The molecule has 1 aliphatic rings. The predicted octanol–water partition coefficient (Wildman–Crippen LogP) is 1.02. The highest BCUT2D eigenvalue weighted by Gasteiger charge is 2.23. The number of ether oxygens (including phenoxy) is 2. The Morgan fingerprint density at radius 1 is 1.56 bits per heavy atom. The van der Waals surface area contributed by atoms with Gasteiger partial charge in [-0.15, -0.1) is 0 Å². The average Bonchev–Trinajstić information content (AvgIpc) is 2.30. The highest BCUT2D eigenvalue weighted by molar-refractivity contribution is 5.77. The second kappa shape index (κ2) is 4.49. The van der Waals surface area contributed by atoms with E-state index in [-0.39, 0.29) is 24.4 Å². The molecule has 0 radical (unpaired) electrons. The summed E-state index contributed by atoms with van der Waals surface area (Å²) in [4.78, 5) is 10.9. The van der Waals surface area contributed by atoms with E-state index in [1.807, 2.05) is 0 Å². The Hall–Kier alpha value is -1.62. The van der Waals surface area contributed by atoms with Crippen molar-refractivity contribution in [1.29, 1.82) is 0 Å². The SMILES string of the molecule is COc1ccc(F)cc1[C@H]1CNC(=O)CO1. The third kappa shape index (κ3) is 2.14. The maximum absolute atomic E-state index is 13.1. The number of morpholine rings is 1. The highest BCUT2D eigenvalue weighted by Crippen LogP contribution is 2.29. The third-order valence-electron chi connectivity index (χ3n) is 2.44. The normalized spacial score (nSPS) is 20.4. The first-order valence-electron chi connectivity index (χ1n) is 4.92. The third-order valence-corrected chi connectivity index (χ3v) is 2.44. The molecule has 1 amide bonds. The van der Waals surface area contributed by atoms with Crippen molar-refractivity contribution in [2.75, 3.05) is 20.3 Å². The molecule has 1 aromatic rings. The Kier molecular flexibility index (Phi) is 3.05. The van der Waals surface area contributed by atoms with Gasteiger partial charge in [0.15, 0.2) is 0 Å². The lowest BCUT2D eigenvalue weighted by Gasteiger charge is -2.24. The quantitative estimate of drug-likeness (QED) is 0.817. The zero-order chi connectivity index (χ0) is 11.5. The van der Waals surface area contributed by atoms with Crippen LogP contribution in [0.4, 0.5) is 4.39 Å². The number of hydrogen-bond acceptors (Lipinski definition) is 3. The fourth-order valence-electron chi connectivity index (χ4n) is 1.65. The molecule has 1 heterocycles. The number of rotatable bonds is 2. The van der Waals surface area contributed by atoms with Crippen LogP contribution in [0.3, 0.4) is 0 Å². The molecular formula is C11H12FNO3. The van der Waals surface area contributed by atoms with Gasteiger partial charge in [0.2, 0.25) is 5.91 Å². The molecule has 1 atom stereocenters. The standard InChI is InChI=1S/C11H12FNO3/c1-15-9-3-2-7(12)4-8(9)10-5-13-11(14)6-16-10/h2-4,10H,5-6H2,1H3,(H,13,14)/t10-/m1/s1. The van der Waals surface area contributed by atoms with E-state index in [1.165, 1.54) is 19.2 Å². The van der Waals surface area contributed by atoms with E-state index in [9.17, 15) is 9.18 Å². The molecular weight excluding hydrogens is 213 g/mol. The molecule has 0 aliphatic carbocycles. The van der Waals surface area contributed by atoms with Gasteiger partial charge in [0.1, 0.15) is 24.3 Å². The summed E-state index contributed by atoms with van der Waals surface area (Å²) >= 11 is 0. The van der Waals surface area contributed by atoms with Crippen molar-refractivity contribution in [2.45, 2.75) is 6.10 Å². The molecule has 1 fully saturated rings. The van der Waals surface area contributed by atoms with Crippen molar-refractivity contribution < 1.29 is 18.7 Å². The fourth-order valence-corrected chi connectivity index (χ4v) is 1.65. The van der Waals surface area contributed by atoms with E-state index in [1.54, 1.807) is 6.07 Å². The maximum atomic E-state index is 13.1. The van der Waals surface area contributed by atoms with E-state index in [2.05, 4.69) is 5.32 Å². The first-order chi connectivity index (χ1) is 7.70. The minimum Gasteiger partial charge on any atom is -0.496 e. The van der Waals surface area contributed by atoms with Gasteiger partial charge in [-0.3, -0.25) is 4.79 Å². The number of nitrogens with one attached hydrogen (secondary N) is 1. The molecule has 2 rings (SSSR count). The van der Waals surface area contributed by atoms with Gasteiger partial charge >= 0.3 is 0 Å². The molecule has 86 valence electrons. The van der Waals surface area contributed by atoms with E-state index in [0.717, 1.165) is 0 Å². The van der Waals surface area contributed by atoms with Crippen LogP contribution in [0.1, 0.15) is 11.7 Å². The fraction of sp³-hybridized carbons (Fsp3) is 0.364. The van der Waals surface area contributed by atoms with Crippen LogP contribution in [-0.2, 0) is 9.53 Å². The topological polar surface area (TPSA) is 47.6 Å². The van der Waals surface area contributed by atoms with Crippen LogP contribution in [0.25, 0.3) is 0 Å². The van der Waals surface area contributed by atoms with Gasteiger partial charge in [0.25, 0.3) is 0 Å². The summed E-state index contributed by atoms with van der Waals surface area (Å²) in [6, 6.07) is 4.23.